The number of benzene rings is 3. The van der Waals surface area contributed by atoms with Gasteiger partial charge in [-0.1, -0.05) is 48.5 Å². The summed E-state index contributed by atoms with van der Waals surface area (Å²) in [5.74, 6) is -0.342. The van der Waals surface area contributed by atoms with Crippen molar-refractivity contribution in [2.75, 3.05) is 12.4 Å². The third-order valence-corrected chi connectivity index (χ3v) is 4.74. The summed E-state index contributed by atoms with van der Waals surface area (Å²) < 4.78 is 4.87. The van der Waals surface area contributed by atoms with Gasteiger partial charge in [-0.15, -0.1) is 0 Å². The number of anilines is 1. The van der Waals surface area contributed by atoms with Crippen molar-refractivity contribution in [1.29, 1.82) is 0 Å². The van der Waals surface area contributed by atoms with Crippen LogP contribution in [0, 0.1) is 0 Å². The van der Waals surface area contributed by atoms with Gasteiger partial charge in [0.1, 0.15) is 0 Å². The highest BCUT2D eigenvalue weighted by Gasteiger charge is 2.12. The van der Waals surface area contributed by atoms with Gasteiger partial charge in [0.05, 0.1) is 31.2 Å². The molecule has 0 amide bonds. The van der Waals surface area contributed by atoms with Crippen molar-refractivity contribution in [3.05, 3.63) is 96.6 Å². The average molecular weight is 383 g/mol. The van der Waals surface area contributed by atoms with Crippen LogP contribution in [0.3, 0.4) is 0 Å². The Bertz CT molecular complexity index is 1110. The maximum Gasteiger partial charge on any atom is 0.337 e. The fourth-order valence-corrected chi connectivity index (χ4v) is 3.27. The molecule has 3 aromatic carbocycles. The van der Waals surface area contributed by atoms with Crippen LogP contribution < -0.4 is 5.32 Å². The summed E-state index contributed by atoms with van der Waals surface area (Å²) in [5, 5.41) is 3.43. The van der Waals surface area contributed by atoms with Crippen molar-refractivity contribution in [2.45, 2.75) is 6.54 Å². The fraction of sp³-hybridized carbons (Fsp3) is 0.0833. The van der Waals surface area contributed by atoms with Crippen LogP contribution in [-0.4, -0.2) is 23.0 Å². The van der Waals surface area contributed by atoms with Crippen molar-refractivity contribution in [1.82, 2.24) is 9.97 Å². The molecule has 0 atom stereocenters. The molecule has 0 aliphatic carbocycles. The molecule has 0 saturated heterocycles. The predicted octanol–water partition coefficient (Wildman–Crippen LogP) is 5.14. The van der Waals surface area contributed by atoms with Crippen molar-refractivity contribution >= 4 is 11.7 Å². The van der Waals surface area contributed by atoms with Crippen LogP contribution in [0.4, 0.5) is 5.69 Å². The molecule has 0 radical (unpaired) electrons. The number of aromatic amines is 1. The number of esters is 1. The Morgan fingerprint density at radius 1 is 0.966 bits per heavy atom. The van der Waals surface area contributed by atoms with E-state index >= 15 is 0 Å². The van der Waals surface area contributed by atoms with Gasteiger partial charge < -0.3 is 15.0 Å². The molecule has 5 nitrogen and oxygen atoms in total. The Balaban J connectivity index is 1.74. The molecule has 0 bridgehead atoms. The molecule has 4 aromatic rings. The van der Waals surface area contributed by atoms with Crippen molar-refractivity contribution in [3.63, 3.8) is 0 Å². The number of aromatic nitrogens is 2. The van der Waals surface area contributed by atoms with E-state index in [0.29, 0.717) is 12.1 Å². The molecule has 0 aliphatic rings. The molecular weight excluding hydrogens is 362 g/mol. The molecule has 4 rings (SSSR count). The Hall–Kier alpha value is -3.86. The summed E-state index contributed by atoms with van der Waals surface area (Å²) in [5.41, 5.74) is 6.76. The second kappa shape index (κ2) is 8.44. The molecule has 2 N–H and O–H groups in total. The summed E-state index contributed by atoms with van der Waals surface area (Å²) in [6.45, 7) is 0.658. The molecular formula is C24H21N3O2. The predicted molar refractivity (Wildman–Crippen MR) is 115 cm³/mol. The smallest absolute Gasteiger partial charge is 0.337 e. The Kier molecular flexibility index (Phi) is 5.38. The first-order valence-corrected chi connectivity index (χ1v) is 9.34. The van der Waals surface area contributed by atoms with E-state index in [2.05, 4.69) is 39.6 Å². The van der Waals surface area contributed by atoms with Gasteiger partial charge in [0.15, 0.2) is 0 Å². The van der Waals surface area contributed by atoms with E-state index in [4.69, 9.17) is 4.74 Å². The third kappa shape index (κ3) is 4.19. The maximum atomic E-state index is 12.0. The number of hydrogen-bond donors (Lipinski definition) is 2. The van der Waals surface area contributed by atoms with E-state index in [1.54, 1.807) is 18.6 Å². The monoisotopic (exact) mass is 383 g/mol. The quantitative estimate of drug-likeness (QED) is 0.452. The molecule has 144 valence electrons. The molecule has 0 unspecified atom stereocenters. The third-order valence-electron chi connectivity index (χ3n) is 4.74. The van der Waals surface area contributed by atoms with Gasteiger partial charge in [-0.2, -0.15) is 0 Å². The number of imidazole rings is 1. The molecule has 5 heteroatoms. The lowest BCUT2D eigenvalue weighted by Crippen LogP contribution is -2.01. The van der Waals surface area contributed by atoms with Crippen LogP contribution in [0.25, 0.3) is 22.3 Å². The summed E-state index contributed by atoms with van der Waals surface area (Å²) in [6.07, 6.45) is 3.47. The first-order chi connectivity index (χ1) is 14.2. The van der Waals surface area contributed by atoms with Crippen molar-refractivity contribution in [2.24, 2.45) is 0 Å². The van der Waals surface area contributed by atoms with Gasteiger partial charge in [-0.3, -0.25) is 0 Å². The Morgan fingerprint density at radius 3 is 2.55 bits per heavy atom. The number of ether oxygens (including phenoxy) is 1. The van der Waals surface area contributed by atoms with Gasteiger partial charge >= 0.3 is 5.97 Å². The highest BCUT2D eigenvalue weighted by Crippen LogP contribution is 2.35. The van der Waals surface area contributed by atoms with Crippen molar-refractivity contribution < 1.29 is 9.53 Å². The topological polar surface area (TPSA) is 67.0 Å². The van der Waals surface area contributed by atoms with Gasteiger partial charge in [0, 0.05) is 11.9 Å². The lowest BCUT2D eigenvalue weighted by atomic mass is 9.93. The molecule has 0 saturated carbocycles. The number of carbonyl (C=O) groups is 1. The lowest BCUT2D eigenvalue weighted by Gasteiger charge is -2.14. The second-order valence-corrected chi connectivity index (χ2v) is 6.63. The molecule has 0 spiro atoms. The summed E-state index contributed by atoms with van der Waals surface area (Å²) >= 11 is 0. The lowest BCUT2D eigenvalue weighted by molar-refractivity contribution is 0.0601. The highest BCUT2D eigenvalue weighted by molar-refractivity contribution is 5.93. The summed E-state index contributed by atoms with van der Waals surface area (Å²) in [6, 6.07) is 24.0. The molecule has 1 heterocycles. The zero-order valence-electron chi connectivity index (χ0n) is 16.1. The van der Waals surface area contributed by atoms with Crippen LogP contribution in [0.2, 0.25) is 0 Å². The van der Waals surface area contributed by atoms with Crippen LogP contribution >= 0.6 is 0 Å². The summed E-state index contributed by atoms with van der Waals surface area (Å²) in [7, 11) is 1.39. The average Bonchev–Trinajstić information content (AvgIpc) is 3.31. The number of H-pyrrole nitrogens is 1. The van der Waals surface area contributed by atoms with Gasteiger partial charge in [-0.25, -0.2) is 9.78 Å². The number of carbonyl (C=O) groups excluding carboxylic acids is 1. The highest BCUT2D eigenvalue weighted by atomic mass is 16.5. The number of rotatable bonds is 6. The normalized spacial score (nSPS) is 10.5. The Morgan fingerprint density at radius 2 is 1.79 bits per heavy atom. The van der Waals surface area contributed by atoms with Crippen molar-refractivity contribution in [3.8, 4) is 22.3 Å². The minimum atomic E-state index is -0.342. The first kappa shape index (κ1) is 18.5. The molecule has 1 aromatic heterocycles. The van der Waals surface area contributed by atoms with E-state index in [1.165, 1.54) is 7.11 Å². The van der Waals surface area contributed by atoms with Crippen LogP contribution in [0.15, 0.2) is 85.3 Å². The number of methoxy groups -OCH3 is 1. The first-order valence-electron chi connectivity index (χ1n) is 9.34. The number of nitrogens with zero attached hydrogens (tertiary/aromatic N) is 1. The molecule has 29 heavy (non-hydrogen) atoms. The fourth-order valence-electron chi connectivity index (χ4n) is 3.27. The van der Waals surface area contributed by atoms with Gasteiger partial charge in [0.25, 0.3) is 0 Å². The van der Waals surface area contributed by atoms with Crippen LogP contribution in [-0.2, 0) is 11.3 Å². The zero-order chi connectivity index (χ0) is 20.1. The van der Waals surface area contributed by atoms with E-state index in [1.807, 2.05) is 42.5 Å². The van der Waals surface area contributed by atoms with E-state index < -0.39 is 0 Å². The van der Waals surface area contributed by atoms with Crippen LogP contribution in [0.1, 0.15) is 16.1 Å². The summed E-state index contributed by atoms with van der Waals surface area (Å²) in [4.78, 5) is 19.1. The molecule has 0 fully saturated rings. The minimum absolute atomic E-state index is 0.342. The van der Waals surface area contributed by atoms with Crippen LogP contribution in [0.5, 0.6) is 0 Å². The minimum Gasteiger partial charge on any atom is -0.465 e. The number of hydrogen-bond acceptors (Lipinski definition) is 4. The number of nitrogens with one attached hydrogen (secondary N) is 2. The second-order valence-electron chi connectivity index (χ2n) is 6.63. The maximum absolute atomic E-state index is 12.0. The van der Waals surface area contributed by atoms with Gasteiger partial charge in [-0.05, 0) is 46.5 Å². The van der Waals surface area contributed by atoms with E-state index in [0.717, 1.165) is 33.6 Å². The van der Waals surface area contributed by atoms with E-state index in [9.17, 15) is 4.79 Å². The molecule has 0 aliphatic heterocycles. The SMILES string of the molecule is COC(=O)c1cccc(-c2ccc(NCc3cnc[nH]3)cc2-c2ccccc2)c1. The zero-order valence-corrected chi connectivity index (χ0v) is 16.1. The Labute approximate surface area is 169 Å². The van der Waals surface area contributed by atoms with Gasteiger partial charge in [0.2, 0.25) is 0 Å². The van der Waals surface area contributed by atoms with E-state index in [-0.39, 0.29) is 5.97 Å². The largest absolute Gasteiger partial charge is 0.465 e. The standard InChI is InChI=1S/C24H21N3O2/c1-29-24(28)19-9-5-8-18(12-19)22-11-10-20(26-15-21-14-25-16-27-21)13-23(22)17-6-3-2-4-7-17/h2-14,16,26H,15H2,1H3,(H,25,27).